The maximum atomic E-state index is 12.3. The zero-order chi connectivity index (χ0) is 15.8. The lowest BCUT2D eigenvalue weighted by Crippen LogP contribution is -2.40. The summed E-state index contributed by atoms with van der Waals surface area (Å²) in [6, 6.07) is 8.15. The van der Waals surface area contributed by atoms with Crippen LogP contribution < -0.4 is 10.1 Å². The smallest absolute Gasteiger partial charge is 0.263 e. The second-order valence-electron chi connectivity index (χ2n) is 5.06. The first-order chi connectivity index (χ1) is 10.1. The average molecular weight is 292 g/mol. The van der Waals surface area contributed by atoms with Gasteiger partial charge >= 0.3 is 0 Å². The van der Waals surface area contributed by atoms with Gasteiger partial charge in [0.15, 0.2) is 6.10 Å². The molecular formula is C17H28N2O2. The summed E-state index contributed by atoms with van der Waals surface area (Å²) in [5.74, 6) is 0.819. The Morgan fingerprint density at radius 2 is 1.86 bits per heavy atom. The van der Waals surface area contributed by atoms with Crippen molar-refractivity contribution in [2.24, 2.45) is 0 Å². The van der Waals surface area contributed by atoms with Gasteiger partial charge in [-0.15, -0.1) is 0 Å². The molecule has 0 bridgehead atoms. The summed E-state index contributed by atoms with van der Waals surface area (Å²) in [7, 11) is 1.94. The predicted octanol–water partition coefficient (Wildman–Crippen LogP) is 2.99. The number of likely N-dealkylation sites (N-methyl/N-ethyl adjacent to an activating group) is 1. The summed E-state index contributed by atoms with van der Waals surface area (Å²) in [5.41, 5.74) is 1.10. The Morgan fingerprint density at radius 3 is 2.38 bits per heavy atom. The molecule has 21 heavy (non-hydrogen) atoms. The molecule has 0 aliphatic rings. The molecule has 1 aromatic rings. The van der Waals surface area contributed by atoms with E-state index in [1.165, 1.54) is 0 Å². The minimum Gasteiger partial charge on any atom is -0.481 e. The zero-order valence-corrected chi connectivity index (χ0v) is 13.8. The van der Waals surface area contributed by atoms with Crippen LogP contribution in [0.25, 0.3) is 0 Å². The van der Waals surface area contributed by atoms with Crippen LogP contribution in [-0.4, -0.2) is 37.0 Å². The lowest BCUT2D eigenvalue weighted by molar-refractivity contribution is -0.137. The second-order valence-corrected chi connectivity index (χ2v) is 5.06. The molecule has 0 saturated heterocycles. The molecule has 1 N–H and O–H groups in total. The molecule has 0 radical (unpaired) electrons. The molecule has 0 saturated carbocycles. The van der Waals surface area contributed by atoms with Gasteiger partial charge < -0.3 is 15.0 Å². The van der Waals surface area contributed by atoms with Gasteiger partial charge in [0.05, 0.1) is 0 Å². The van der Waals surface area contributed by atoms with Crippen molar-refractivity contribution in [2.75, 3.05) is 20.1 Å². The molecule has 2 atom stereocenters. The molecule has 0 heterocycles. The number of hydrogen-bond donors (Lipinski definition) is 1. The van der Waals surface area contributed by atoms with Crippen molar-refractivity contribution < 1.29 is 9.53 Å². The fourth-order valence-electron chi connectivity index (χ4n) is 2.49. The van der Waals surface area contributed by atoms with Crippen molar-refractivity contribution in [3.05, 3.63) is 29.8 Å². The van der Waals surface area contributed by atoms with Gasteiger partial charge in [-0.3, -0.25) is 4.79 Å². The van der Waals surface area contributed by atoms with Crippen LogP contribution in [0.2, 0.25) is 0 Å². The molecule has 0 spiro atoms. The minimum absolute atomic E-state index is 0.0345. The molecule has 2 unspecified atom stereocenters. The quantitative estimate of drug-likeness (QED) is 0.801. The van der Waals surface area contributed by atoms with Gasteiger partial charge in [-0.25, -0.2) is 0 Å². The van der Waals surface area contributed by atoms with E-state index in [-0.39, 0.29) is 11.9 Å². The molecular weight excluding hydrogens is 264 g/mol. The van der Waals surface area contributed by atoms with E-state index in [4.69, 9.17) is 4.74 Å². The maximum Gasteiger partial charge on any atom is 0.263 e. The largest absolute Gasteiger partial charge is 0.481 e. The number of carbonyl (C=O) groups excluding carboxylic acids is 1. The summed E-state index contributed by atoms with van der Waals surface area (Å²) in [6.45, 7) is 9.32. The number of benzene rings is 1. The van der Waals surface area contributed by atoms with E-state index in [0.29, 0.717) is 13.1 Å². The molecule has 118 valence electrons. The first kappa shape index (κ1) is 17.5. The number of amides is 1. The van der Waals surface area contributed by atoms with Gasteiger partial charge in [-0.2, -0.15) is 0 Å². The van der Waals surface area contributed by atoms with Gasteiger partial charge in [0, 0.05) is 24.7 Å². The SMILES string of the molecule is CCC(NC)c1ccccc1OC(C)C(=O)N(CC)CC. The van der Waals surface area contributed by atoms with Crippen molar-refractivity contribution in [1.82, 2.24) is 10.2 Å². The highest BCUT2D eigenvalue weighted by Crippen LogP contribution is 2.27. The van der Waals surface area contributed by atoms with Crippen molar-refractivity contribution in [2.45, 2.75) is 46.3 Å². The first-order valence-electron chi connectivity index (χ1n) is 7.80. The molecule has 1 amide bonds. The van der Waals surface area contributed by atoms with Crippen LogP contribution in [0, 0.1) is 0 Å². The highest BCUT2D eigenvalue weighted by Gasteiger charge is 2.21. The van der Waals surface area contributed by atoms with Crippen molar-refractivity contribution in [3.8, 4) is 5.75 Å². The van der Waals surface area contributed by atoms with Gasteiger partial charge in [-0.1, -0.05) is 25.1 Å². The third-order valence-electron chi connectivity index (χ3n) is 3.78. The summed E-state index contributed by atoms with van der Waals surface area (Å²) < 4.78 is 5.95. The highest BCUT2D eigenvalue weighted by molar-refractivity contribution is 5.80. The van der Waals surface area contributed by atoms with Crippen LogP contribution in [0.5, 0.6) is 5.75 Å². The van der Waals surface area contributed by atoms with Crippen LogP contribution >= 0.6 is 0 Å². The summed E-state index contributed by atoms with van der Waals surface area (Å²) >= 11 is 0. The van der Waals surface area contributed by atoms with E-state index in [9.17, 15) is 4.79 Å². The van der Waals surface area contributed by atoms with Gasteiger partial charge in [0.1, 0.15) is 5.75 Å². The third-order valence-corrected chi connectivity index (χ3v) is 3.78. The normalized spacial score (nSPS) is 13.6. The number of carbonyl (C=O) groups is 1. The van der Waals surface area contributed by atoms with E-state index >= 15 is 0 Å². The summed E-state index contributed by atoms with van der Waals surface area (Å²) in [5, 5.41) is 3.28. The fraction of sp³-hybridized carbons (Fsp3) is 0.588. The minimum atomic E-state index is -0.472. The number of para-hydroxylation sites is 1. The van der Waals surface area contributed by atoms with E-state index < -0.39 is 6.10 Å². The molecule has 1 aromatic carbocycles. The number of nitrogens with zero attached hydrogens (tertiary/aromatic N) is 1. The van der Waals surface area contributed by atoms with E-state index in [1.807, 2.05) is 46.0 Å². The lowest BCUT2D eigenvalue weighted by Gasteiger charge is -2.25. The molecule has 4 heteroatoms. The topological polar surface area (TPSA) is 41.6 Å². The summed E-state index contributed by atoms with van der Waals surface area (Å²) in [6.07, 6.45) is 0.496. The molecule has 0 fully saturated rings. The Hall–Kier alpha value is -1.55. The van der Waals surface area contributed by atoms with Crippen molar-refractivity contribution in [1.29, 1.82) is 0 Å². The van der Waals surface area contributed by atoms with Gasteiger partial charge in [0.25, 0.3) is 5.91 Å². The summed E-state index contributed by atoms with van der Waals surface area (Å²) in [4.78, 5) is 14.1. The van der Waals surface area contributed by atoms with Crippen LogP contribution in [0.15, 0.2) is 24.3 Å². The molecule has 0 aliphatic heterocycles. The van der Waals surface area contributed by atoms with E-state index in [2.05, 4.69) is 18.3 Å². The number of hydrogen-bond acceptors (Lipinski definition) is 3. The number of nitrogens with one attached hydrogen (secondary N) is 1. The Morgan fingerprint density at radius 1 is 1.24 bits per heavy atom. The van der Waals surface area contributed by atoms with Crippen LogP contribution in [-0.2, 0) is 4.79 Å². The Kier molecular flexibility index (Phi) is 7.23. The zero-order valence-electron chi connectivity index (χ0n) is 13.8. The molecule has 0 aromatic heterocycles. The highest BCUT2D eigenvalue weighted by atomic mass is 16.5. The number of rotatable bonds is 8. The molecule has 0 aliphatic carbocycles. The van der Waals surface area contributed by atoms with Crippen molar-refractivity contribution in [3.63, 3.8) is 0 Å². The fourth-order valence-corrected chi connectivity index (χ4v) is 2.49. The second kappa shape index (κ2) is 8.67. The Balaban J connectivity index is 2.90. The van der Waals surface area contributed by atoms with Crippen LogP contribution in [0.3, 0.4) is 0 Å². The lowest BCUT2D eigenvalue weighted by atomic mass is 10.0. The van der Waals surface area contributed by atoms with Crippen LogP contribution in [0.1, 0.15) is 45.7 Å². The molecule has 4 nitrogen and oxygen atoms in total. The van der Waals surface area contributed by atoms with E-state index in [0.717, 1.165) is 17.7 Å². The average Bonchev–Trinajstić information content (AvgIpc) is 2.51. The molecule has 1 rings (SSSR count). The maximum absolute atomic E-state index is 12.3. The number of ether oxygens (including phenoxy) is 1. The van der Waals surface area contributed by atoms with Crippen molar-refractivity contribution >= 4 is 5.91 Å². The predicted molar refractivity (Wildman–Crippen MR) is 86.6 cm³/mol. The van der Waals surface area contributed by atoms with Gasteiger partial charge in [-0.05, 0) is 40.3 Å². The Bertz CT molecular complexity index is 440. The Labute approximate surface area is 128 Å². The first-order valence-corrected chi connectivity index (χ1v) is 7.80. The monoisotopic (exact) mass is 292 g/mol. The van der Waals surface area contributed by atoms with Gasteiger partial charge in [0.2, 0.25) is 0 Å². The third kappa shape index (κ3) is 4.46. The van der Waals surface area contributed by atoms with Crippen LogP contribution in [0.4, 0.5) is 0 Å². The van der Waals surface area contributed by atoms with E-state index in [1.54, 1.807) is 4.90 Å². The standard InChI is InChI=1S/C17H28N2O2/c1-6-15(18-5)14-11-9-10-12-16(14)21-13(4)17(20)19(7-2)8-3/h9-13,15,18H,6-8H2,1-5H3.